The van der Waals surface area contributed by atoms with Crippen LogP contribution in [0.15, 0.2) is 52.1 Å². The van der Waals surface area contributed by atoms with Gasteiger partial charge < -0.3 is 4.90 Å². The first-order chi connectivity index (χ1) is 13.0. The van der Waals surface area contributed by atoms with Crippen LogP contribution in [0.2, 0.25) is 0 Å². The summed E-state index contributed by atoms with van der Waals surface area (Å²) in [6.07, 6.45) is 1.95. The average Bonchev–Trinajstić information content (AvgIpc) is 3.54. The highest BCUT2D eigenvalue weighted by Gasteiger charge is 2.33. The zero-order chi connectivity index (χ0) is 19.1. The molecule has 0 spiro atoms. The maximum absolute atomic E-state index is 13.1. The molecule has 0 unspecified atom stereocenters. The maximum Gasteiger partial charge on any atom is 0.332 e. The smallest absolute Gasteiger partial charge is 0.330 e. The summed E-state index contributed by atoms with van der Waals surface area (Å²) < 4.78 is 2.34. The van der Waals surface area contributed by atoms with Crippen molar-refractivity contribution < 1.29 is 4.79 Å². The summed E-state index contributed by atoms with van der Waals surface area (Å²) >= 11 is 0. The number of rotatable bonds is 4. The fraction of sp³-hybridized carbons (Fsp3) is 0.300. The molecule has 2 heterocycles. The van der Waals surface area contributed by atoms with Crippen LogP contribution in [0, 0.1) is 0 Å². The number of hydrogen-bond acceptors (Lipinski definition) is 4. The summed E-state index contributed by atoms with van der Waals surface area (Å²) in [5, 5.41) is 0.317. The minimum atomic E-state index is -0.465. The molecular weight excluding hydrogens is 344 g/mol. The maximum atomic E-state index is 13.1. The molecule has 0 N–H and O–H groups in total. The molecule has 1 fully saturated rings. The number of aromatic nitrogens is 3. The van der Waals surface area contributed by atoms with Gasteiger partial charge in [-0.25, -0.2) is 9.78 Å². The van der Waals surface area contributed by atoms with E-state index in [0.29, 0.717) is 11.9 Å². The number of carbonyl (C=O) groups is 1. The van der Waals surface area contributed by atoms with Crippen LogP contribution in [0.3, 0.4) is 0 Å². The molecule has 1 aliphatic rings. The van der Waals surface area contributed by atoms with Crippen LogP contribution in [0.25, 0.3) is 11.0 Å². The number of carbonyl (C=O) groups excluding carboxylic acids is 1. The van der Waals surface area contributed by atoms with Crippen LogP contribution in [0.4, 0.5) is 0 Å². The molecule has 7 heteroatoms. The first-order valence-electron chi connectivity index (χ1n) is 8.89. The second-order valence-corrected chi connectivity index (χ2v) is 6.92. The minimum absolute atomic E-state index is 0.184. The standard InChI is InChI=1S/C20H20N4O3/c1-22-17-15(18(25)23(2)20(22)27)10-11-16(21-17)19(26)24(14-8-9-14)12-13-6-4-3-5-7-13/h3-7,10-11,14H,8-9,12H2,1-2H3. The number of hydrogen-bond donors (Lipinski definition) is 0. The van der Waals surface area contributed by atoms with Crippen molar-refractivity contribution in [2.75, 3.05) is 0 Å². The van der Waals surface area contributed by atoms with Gasteiger partial charge in [0.05, 0.1) is 5.39 Å². The highest BCUT2D eigenvalue weighted by molar-refractivity contribution is 5.94. The van der Waals surface area contributed by atoms with Crippen LogP contribution < -0.4 is 11.2 Å². The van der Waals surface area contributed by atoms with E-state index in [1.165, 1.54) is 11.6 Å². The fourth-order valence-electron chi connectivity index (χ4n) is 3.25. The monoisotopic (exact) mass is 364 g/mol. The Morgan fingerprint density at radius 3 is 2.44 bits per heavy atom. The number of pyridine rings is 1. The van der Waals surface area contributed by atoms with Gasteiger partial charge in [0.2, 0.25) is 0 Å². The second-order valence-electron chi connectivity index (χ2n) is 6.92. The zero-order valence-electron chi connectivity index (χ0n) is 15.3. The van der Waals surface area contributed by atoms with Gasteiger partial charge in [-0.2, -0.15) is 0 Å². The number of nitrogens with zero attached hydrogens (tertiary/aromatic N) is 4. The summed E-state index contributed by atoms with van der Waals surface area (Å²) in [6, 6.07) is 13.2. The molecule has 0 saturated heterocycles. The Morgan fingerprint density at radius 2 is 1.78 bits per heavy atom. The van der Waals surface area contributed by atoms with Crippen molar-refractivity contribution in [2.45, 2.75) is 25.4 Å². The van der Waals surface area contributed by atoms with E-state index in [4.69, 9.17) is 0 Å². The molecule has 7 nitrogen and oxygen atoms in total. The molecular formula is C20H20N4O3. The Kier molecular flexibility index (Phi) is 4.14. The highest BCUT2D eigenvalue weighted by atomic mass is 16.2. The lowest BCUT2D eigenvalue weighted by Gasteiger charge is -2.22. The van der Waals surface area contributed by atoms with Gasteiger partial charge in [-0.1, -0.05) is 30.3 Å². The Balaban J connectivity index is 1.75. The van der Waals surface area contributed by atoms with Crippen LogP contribution in [0.1, 0.15) is 28.9 Å². The van der Waals surface area contributed by atoms with Crippen molar-refractivity contribution in [3.8, 4) is 0 Å². The molecule has 0 aliphatic heterocycles. The summed E-state index contributed by atoms with van der Waals surface area (Å²) in [7, 11) is 2.98. The Hall–Kier alpha value is -3.22. The molecule has 1 amide bonds. The molecule has 0 atom stereocenters. The fourth-order valence-corrected chi connectivity index (χ4v) is 3.25. The molecule has 1 saturated carbocycles. The molecule has 1 aliphatic carbocycles. The summed E-state index contributed by atoms with van der Waals surface area (Å²) in [5.41, 5.74) is 0.647. The average molecular weight is 364 g/mol. The molecule has 0 bridgehead atoms. The predicted octanol–water partition coefficient (Wildman–Crippen LogP) is 1.44. The third-order valence-electron chi connectivity index (χ3n) is 4.97. The van der Waals surface area contributed by atoms with Gasteiger partial charge in [-0.15, -0.1) is 0 Å². The Bertz CT molecular complexity index is 1140. The van der Waals surface area contributed by atoms with Gasteiger partial charge in [-0.3, -0.25) is 18.7 Å². The van der Waals surface area contributed by atoms with E-state index < -0.39 is 11.2 Å². The number of aryl methyl sites for hydroxylation is 1. The molecule has 138 valence electrons. The van der Waals surface area contributed by atoms with Crippen molar-refractivity contribution in [3.63, 3.8) is 0 Å². The second kappa shape index (κ2) is 6.50. The normalized spacial score (nSPS) is 13.7. The lowest BCUT2D eigenvalue weighted by Crippen LogP contribution is -2.38. The largest absolute Gasteiger partial charge is 0.332 e. The number of amides is 1. The number of fused-ring (bicyclic) bond motifs is 1. The Morgan fingerprint density at radius 1 is 1.07 bits per heavy atom. The van der Waals surface area contributed by atoms with Gasteiger partial charge in [-0.05, 0) is 30.5 Å². The first kappa shape index (κ1) is 17.2. The summed E-state index contributed by atoms with van der Waals surface area (Å²) in [5.74, 6) is -0.184. The molecule has 2 aromatic heterocycles. The van der Waals surface area contributed by atoms with Gasteiger partial charge in [0, 0.05) is 26.7 Å². The van der Waals surface area contributed by atoms with Crippen LogP contribution >= 0.6 is 0 Å². The SMILES string of the molecule is Cn1c(=O)c2ccc(C(=O)N(Cc3ccccc3)C3CC3)nc2n(C)c1=O. The van der Waals surface area contributed by atoms with Crippen molar-refractivity contribution in [1.29, 1.82) is 0 Å². The predicted molar refractivity (Wildman–Crippen MR) is 102 cm³/mol. The van der Waals surface area contributed by atoms with Gasteiger partial charge in [0.25, 0.3) is 11.5 Å². The lowest BCUT2D eigenvalue weighted by molar-refractivity contribution is 0.0724. The zero-order valence-corrected chi connectivity index (χ0v) is 15.3. The molecule has 27 heavy (non-hydrogen) atoms. The van der Waals surface area contributed by atoms with Crippen LogP contribution in [-0.4, -0.2) is 31.0 Å². The third-order valence-corrected chi connectivity index (χ3v) is 4.97. The summed E-state index contributed by atoms with van der Waals surface area (Å²) in [4.78, 5) is 43.8. The van der Waals surface area contributed by atoms with E-state index in [1.807, 2.05) is 35.2 Å². The van der Waals surface area contributed by atoms with E-state index >= 15 is 0 Å². The Labute approximate surface area is 155 Å². The first-order valence-corrected chi connectivity index (χ1v) is 8.89. The molecule has 4 rings (SSSR count). The van der Waals surface area contributed by atoms with E-state index in [1.54, 1.807) is 19.2 Å². The lowest BCUT2D eigenvalue weighted by atomic mass is 10.2. The van der Waals surface area contributed by atoms with Crippen molar-refractivity contribution in [1.82, 2.24) is 19.0 Å². The van der Waals surface area contributed by atoms with E-state index in [2.05, 4.69) is 4.98 Å². The quantitative estimate of drug-likeness (QED) is 0.702. The van der Waals surface area contributed by atoms with E-state index in [-0.39, 0.29) is 23.3 Å². The minimum Gasteiger partial charge on any atom is -0.330 e. The summed E-state index contributed by atoms with van der Waals surface area (Å²) in [6.45, 7) is 0.513. The highest BCUT2D eigenvalue weighted by Crippen LogP contribution is 2.29. The van der Waals surface area contributed by atoms with Crippen molar-refractivity contribution >= 4 is 16.9 Å². The number of benzene rings is 1. The van der Waals surface area contributed by atoms with Crippen molar-refractivity contribution in [3.05, 3.63) is 74.6 Å². The molecule has 0 radical (unpaired) electrons. The third kappa shape index (κ3) is 3.05. The van der Waals surface area contributed by atoms with Gasteiger partial charge in [0.1, 0.15) is 11.3 Å². The van der Waals surface area contributed by atoms with Gasteiger partial charge in [0.15, 0.2) is 0 Å². The van der Waals surface area contributed by atoms with Crippen LogP contribution in [0.5, 0.6) is 0 Å². The van der Waals surface area contributed by atoms with E-state index in [0.717, 1.165) is 23.0 Å². The molecule has 3 aromatic rings. The topological polar surface area (TPSA) is 77.2 Å². The van der Waals surface area contributed by atoms with Crippen molar-refractivity contribution in [2.24, 2.45) is 14.1 Å². The molecule has 1 aromatic carbocycles. The van der Waals surface area contributed by atoms with Gasteiger partial charge >= 0.3 is 5.69 Å². The van der Waals surface area contributed by atoms with Crippen LogP contribution in [-0.2, 0) is 20.6 Å². The van der Waals surface area contributed by atoms with E-state index in [9.17, 15) is 14.4 Å².